The first-order valence-electron chi connectivity index (χ1n) is 9.67. The van der Waals surface area contributed by atoms with Gasteiger partial charge in [0.25, 0.3) is 0 Å². The molecule has 0 bridgehead atoms. The van der Waals surface area contributed by atoms with Crippen molar-refractivity contribution in [2.75, 3.05) is 18.4 Å². The molecule has 1 aliphatic rings. The highest BCUT2D eigenvalue weighted by Crippen LogP contribution is 2.41. The Hall–Kier alpha value is -1.76. The van der Waals surface area contributed by atoms with Gasteiger partial charge in [-0.2, -0.15) is 0 Å². The summed E-state index contributed by atoms with van der Waals surface area (Å²) in [6.07, 6.45) is 3.66. The van der Waals surface area contributed by atoms with E-state index < -0.39 is 0 Å². The minimum atomic E-state index is -0.169. The van der Waals surface area contributed by atoms with Gasteiger partial charge in [-0.1, -0.05) is 37.6 Å². The first-order chi connectivity index (χ1) is 13.5. The molecule has 3 heterocycles. The molecule has 1 saturated heterocycles. The zero-order chi connectivity index (χ0) is 19.7. The van der Waals surface area contributed by atoms with Crippen LogP contribution in [0.2, 0.25) is 4.34 Å². The maximum atomic E-state index is 13.4. The third-order valence-corrected chi connectivity index (χ3v) is 6.62. The summed E-state index contributed by atoms with van der Waals surface area (Å²) in [4.78, 5) is 12.3. The summed E-state index contributed by atoms with van der Waals surface area (Å²) >= 11 is 8.00. The summed E-state index contributed by atoms with van der Waals surface area (Å²) in [7, 11) is 0. The second kappa shape index (κ2) is 8.31. The van der Waals surface area contributed by atoms with Crippen LogP contribution in [0.5, 0.6) is 0 Å². The van der Waals surface area contributed by atoms with E-state index in [1.54, 1.807) is 18.5 Å². The van der Waals surface area contributed by atoms with Crippen molar-refractivity contribution in [3.05, 3.63) is 51.9 Å². The van der Waals surface area contributed by atoms with Gasteiger partial charge in [-0.25, -0.2) is 14.4 Å². The number of piperidine rings is 1. The molecule has 4 rings (SSSR count). The number of rotatable bonds is 5. The third-order valence-electron chi connectivity index (χ3n) is 5.28. The molecule has 1 aliphatic heterocycles. The fourth-order valence-corrected chi connectivity index (χ4v) is 5.43. The van der Waals surface area contributed by atoms with E-state index in [4.69, 9.17) is 11.6 Å². The number of hydrogen-bond donors (Lipinski definition) is 1. The molecule has 0 radical (unpaired) electrons. The van der Waals surface area contributed by atoms with Gasteiger partial charge in [0.05, 0.1) is 9.72 Å². The Morgan fingerprint density at radius 2 is 2.07 bits per heavy atom. The molecule has 7 heteroatoms. The lowest BCUT2D eigenvalue weighted by Gasteiger charge is -2.32. The maximum absolute atomic E-state index is 13.4. The molecule has 0 aliphatic carbocycles. The van der Waals surface area contributed by atoms with Crippen molar-refractivity contribution in [3.8, 4) is 0 Å². The fourth-order valence-electron chi connectivity index (χ4n) is 3.88. The van der Waals surface area contributed by atoms with Crippen LogP contribution in [-0.2, 0) is 6.54 Å². The molecular formula is C21H24ClFN4S. The maximum Gasteiger partial charge on any atom is 0.138 e. The van der Waals surface area contributed by atoms with E-state index in [0.29, 0.717) is 12.0 Å². The summed E-state index contributed by atoms with van der Waals surface area (Å²) in [5.74, 6) is 1.04. The van der Waals surface area contributed by atoms with E-state index in [0.717, 1.165) is 64.0 Å². The quantitative estimate of drug-likeness (QED) is 0.578. The lowest BCUT2D eigenvalue weighted by atomic mass is 10.0. The number of aromatic nitrogens is 2. The van der Waals surface area contributed by atoms with E-state index in [2.05, 4.69) is 34.0 Å². The number of nitrogens with one attached hydrogen (secondary N) is 1. The highest BCUT2D eigenvalue weighted by molar-refractivity contribution is 7.22. The molecule has 0 spiro atoms. The Bertz CT molecular complexity index is 966. The number of halogens is 2. The van der Waals surface area contributed by atoms with Crippen LogP contribution in [-0.4, -0.2) is 34.0 Å². The molecule has 0 saturated carbocycles. The summed E-state index contributed by atoms with van der Waals surface area (Å²) in [5, 5.41) is 4.70. The van der Waals surface area contributed by atoms with Crippen molar-refractivity contribution in [1.82, 2.24) is 14.9 Å². The van der Waals surface area contributed by atoms with Crippen molar-refractivity contribution in [2.45, 2.75) is 45.2 Å². The Morgan fingerprint density at radius 3 is 2.79 bits per heavy atom. The van der Waals surface area contributed by atoms with E-state index in [1.165, 1.54) is 17.4 Å². The number of likely N-dealkylation sites (tertiary alicyclic amines) is 1. The molecule has 1 fully saturated rings. The summed E-state index contributed by atoms with van der Waals surface area (Å²) < 4.78 is 14.2. The van der Waals surface area contributed by atoms with Crippen LogP contribution >= 0.6 is 22.9 Å². The molecular weight excluding hydrogens is 395 g/mol. The highest BCUT2D eigenvalue weighted by Gasteiger charge is 2.23. The average molecular weight is 419 g/mol. The summed E-state index contributed by atoms with van der Waals surface area (Å²) in [6, 6.07) is 7.23. The Labute approximate surface area is 173 Å². The number of anilines is 1. The van der Waals surface area contributed by atoms with E-state index in [-0.39, 0.29) is 5.82 Å². The highest BCUT2D eigenvalue weighted by atomic mass is 35.5. The molecule has 1 N–H and O–H groups in total. The van der Waals surface area contributed by atoms with Gasteiger partial charge in [0.2, 0.25) is 0 Å². The molecule has 148 valence electrons. The lowest BCUT2D eigenvalue weighted by Crippen LogP contribution is -2.38. The predicted octanol–water partition coefficient (Wildman–Crippen LogP) is 5.68. The molecule has 0 atom stereocenters. The smallest absolute Gasteiger partial charge is 0.138 e. The minimum absolute atomic E-state index is 0.169. The average Bonchev–Trinajstić information content (AvgIpc) is 3.00. The normalized spacial score (nSPS) is 16.2. The summed E-state index contributed by atoms with van der Waals surface area (Å²) in [6.45, 7) is 7.04. The lowest BCUT2D eigenvalue weighted by molar-refractivity contribution is 0.211. The Balaban J connectivity index is 1.44. The number of nitrogens with zero attached hydrogens (tertiary/aromatic N) is 3. The zero-order valence-electron chi connectivity index (χ0n) is 16.1. The molecule has 3 aromatic rings. The van der Waals surface area contributed by atoms with Gasteiger partial charge in [-0.15, -0.1) is 11.3 Å². The van der Waals surface area contributed by atoms with Crippen LogP contribution < -0.4 is 5.32 Å². The van der Waals surface area contributed by atoms with Gasteiger partial charge in [-0.05, 0) is 42.0 Å². The number of thiophene rings is 1. The Morgan fingerprint density at radius 1 is 1.29 bits per heavy atom. The van der Waals surface area contributed by atoms with E-state index in [1.807, 2.05) is 6.07 Å². The second-order valence-electron chi connectivity index (χ2n) is 7.67. The molecule has 4 nitrogen and oxygen atoms in total. The van der Waals surface area contributed by atoms with Crippen molar-refractivity contribution in [2.24, 2.45) is 0 Å². The number of hydrogen-bond acceptors (Lipinski definition) is 5. The minimum Gasteiger partial charge on any atom is -0.367 e. The van der Waals surface area contributed by atoms with E-state index >= 15 is 0 Å². The van der Waals surface area contributed by atoms with Crippen LogP contribution in [0.25, 0.3) is 10.2 Å². The Kier molecular flexibility index (Phi) is 5.80. The van der Waals surface area contributed by atoms with Crippen LogP contribution in [0.15, 0.2) is 30.6 Å². The van der Waals surface area contributed by atoms with Gasteiger partial charge in [-0.3, -0.25) is 4.90 Å². The van der Waals surface area contributed by atoms with Crippen molar-refractivity contribution in [1.29, 1.82) is 0 Å². The monoisotopic (exact) mass is 418 g/mol. The molecule has 28 heavy (non-hydrogen) atoms. The van der Waals surface area contributed by atoms with Crippen LogP contribution in [0.3, 0.4) is 0 Å². The number of benzene rings is 1. The molecule has 1 aromatic carbocycles. The first kappa shape index (κ1) is 19.6. The van der Waals surface area contributed by atoms with Gasteiger partial charge >= 0.3 is 0 Å². The fraction of sp³-hybridized carbons (Fsp3) is 0.429. The van der Waals surface area contributed by atoms with Gasteiger partial charge in [0.1, 0.15) is 22.8 Å². The molecule has 2 aromatic heterocycles. The third kappa shape index (κ3) is 4.14. The van der Waals surface area contributed by atoms with Crippen LogP contribution in [0, 0.1) is 5.82 Å². The predicted molar refractivity (Wildman–Crippen MR) is 115 cm³/mol. The van der Waals surface area contributed by atoms with Crippen molar-refractivity contribution >= 4 is 39.0 Å². The van der Waals surface area contributed by atoms with Crippen molar-refractivity contribution < 1.29 is 4.39 Å². The zero-order valence-corrected chi connectivity index (χ0v) is 17.7. The molecule has 0 amide bonds. The van der Waals surface area contributed by atoms with Gasteiger partial charge in [0, 0.05) is 25.7 Å². The van der Waals surface area contributed by atoms with E-state index in [9.17, 15) is 4.39 Å². The van der Waals surface area contributed by atoms with Gasteiger partial charge in [0.15, 0.2) is 0 Å². The molecule has 0 unspecified atom stereocenters. The van der Waals surface area contributed by atoms with Crippen LogP contribution in [0.1, 0.15) is 43.7 Å². The largest absolute Gasteiger partial charge is 0.367 e. The summed E-state index contributed by atoms with van der Waals surface area (Å²) in [5.41, 5.74) is 2.16. The topological polar surface area (TPSA) is 41.1 Å². The van der Waals surface area contributed by atoms with Gasteiger partial charge < -0.3 is 5.32 Å². The SMILES string of the molecule is CC(C)c1c(Cl)sc2ncnc(NC3CCN(Cc4cccc(F)c4)CC3)c12. The second-order valence-corrected chi connectivity index (χ2v) is 9.27. The number of fused-ring (bicyclic) bond motifs is 1. The van der Waals surface area contributed by atoms with Crippen molar-refractivity contribution in [3.63, 3.8) is 0 Å². The first-order valence-corrected chi connectivity index (χ1v) is 10.9. The standard InChI is InChI=1S/C21H24ClFN4S/c1-13(2)17-18-20(24-12-25-21(18)28-19(17)22)26-16-6-8-27(9-7-16)11-14-4-3-5-15(23)10-14/h3-5,10,12-13,16H,6-9,11H2,1-2H3,(H,24,25,26). The van der Waals surface area contributed by atoms with Crippen LogP contribution in [0.4, 0.5) is 10.2 Å².